The highest BCUT2D eigenvalue weighted by molar-refractivity contribution is 5.70. The van der Waals surface area contributed by atoms with Gasteiger partial charge in [-0.1, -0.05) is 119 Å². The van der Waals surface area contributed by atoms with Gasteiger partial charge in [0.2, 0.25) is 0 Å². The molecular weight excluding hydrogens is 654 g/mol. The predicted octanol–water partition coefficient (Wildman–Crippen LogP) is 9.07. The van der Waals surface area contributed by atoms with Crippen molar-refractivity contribution >= 4 is 17.9 Å². The topological polar surface area (TPSA) is 102 Å². The second-order valence-electron chi connectivity index (χ2n) is 14.1. The lowest BCUT2D eigenvalue weighted by molar-refractivity contribution is -0.889. The van der Waals surface area contributed by atoms with Crippen LogP contribution in [0.3, 0.4) is 0 Å². The molecule has 0 rings (SSSR count). The largest absolute Gasteiger partial charge is 0.544 e. The molecule has 0 amide bonds. The van der Waals surface area contributed by atoms with Gasteiger partial charge in [-0.15, -0.1) is 0 Å². The summed E-state index contributed by atoms with van der Waals surface area (Å²) >= 11 is 0. The summed E-state index contributed by atoms with van der Waals surface area (Å²) in [5, 5.41) is 11.6. The molecule has 0 aliphatic rings. The van der Waals surface area contributed by atoms with Crippen LogP contribution in [0.5, 0.6) is 0 Å². The van der Waals surface area contributed by atoms with Crippen molar-refractivity contribution in [3.63, 3.8) is 0 Å². The monoisotopic (exact) mass is 728 g/mol. The standard InChI is InChI=1S/C44H73NO7/c1-6-8-10-12-14-16-18-20-21-23-24-26-28-30-32-34-42(46)51-39-40(38-50-37-36-41(44(48)49)45(3,4)5)52-43(47)35-33-31-29-27-25-22-19-17-15-13-11-9-7-2/h9,11,14-17,20-22,25,29,31,40-41H,6-8,10,12-13,18-19,23-24,26-28,30,32-39H2,1-5H3/b11-9-,16-14-,17-15-,21-20-,25-22-,31-29-. The minimum atomic E-state index is -1.14. The Balaban J connectivity index is 4.53. The van der Waals surface area contributed by atoms with Crippen molar-refractivity contribution in [1.29, 1.82) is 0 Å². The van der Waals surface area contributed by atoms with E-state index in [0.717, 1.165) is 70.6 Å². The Kier molecular flexibility index (Phi) is 32.7. The number of allylic oxidation sites excluding steroid dienone is 12. The molecule has 0 radical (unpaired) electrons. The van der Waals surface area contributed by atoms with Gasteiger partial charge in [-0.05, 0) is 70.6 Å². The highest BCUT2D eigenvalue weighted by Gasteiger charge is 2.25. The van der Waals surface area contributed by atoms with Crippen LogP contribution >= 0.6 is 0 Å². The summed E-state index contributed by atoms with van der Waals surface area (Å²) in [4.78, 5) is 36.7. The molecule has 0 aromatic heterocycles. The first kappa shape index (κ1) is 48.8. The molecule has 2 atom stereocenters. The van der Waals surface area contributed by atoms with Gasteiger partial charge in [0.25, 0.3) is 0 Å². The number of quaternary nitrogens is 1. The lowest BCUT2D eigenvalue weighted by atomic mass is 10.1. The molecule has 0 aromatic rings. The number of nitrogens with zero attached hydrogens (tertiary/aromatic N) is 1. The molecule has 0 N–H and O–H groups in total. The van der Waals surface area contributed by atoms with Crippen molar-refractivity contribution in [2.24, 2.45) is 0 Å². The van der Waals surface area contributed by atoms with E-state index in [1.807, 2.05) is 12.2 Å². The minimum absolute atomic E-state index is 0.00357. The molecule has 0 aliphatic carbocycles. The third-order valence-corrected chi connectivity index (χ3v) is 8.34. The molecule has 2 unspecified atom stereocenters. The van der Waals surface area contributed by atoms with Gasteiger partial charge < -0.3 is 28.6 Å². The molecular formula is C44H73NO7. The van der Waals surface area contributed by atoms with E-state index in [9.17, 15) is 19.5 Å². The lowest BCUT2D eigenvalue weighted by Crippen LogP contribution is -2.55. The zero-order valence-corrected chi connectivity index (χ0v) is 33.4. The van der Waals surface area contributed by atoms with Gasteiger partial charge >= 0.3 is 11.9 Å². The smallest absolute Gasteiger partial charge is 0.306 e. The number of rotatable bonds is 34. The lowest BCUT2D eigenvalue weighted by Gasteiger charge is -2.34. The first-order chi connectivity index (χ1) is 25.1. The number of aliphatic carboxylic acids is 1. The van der Waals surface area contributed by atoms with Gasteiger partial charge in [0.15, 0.2) is 6.10 Å². The van der Waals surface area contributed by atoms with Gasteiger partial charge in [-0.3, -0.25) is 9.59 Å². The van der Waals surface area contributed by atoms with E-state index < -0.39 is 24.1 Å². The molecule has 0 fully saturated rings. The molecule has 0 bridgehead atoms. The maximum Gasteiger partial charge on any atom is 0.306 e. The third kappa shape index (κ3) is 32.7. The van der Waals surface area contributed by atoms with Crippen molar-refractivity contribution < 1.29 is 38.2 Å². The summed E-state index contributed by atoms with van der Waals surface area (Å²) in [5.41, 5.74) is 0. The Bertz CT molecular complexity index is 1080. The van der Waals surface area contributed by atoms with E-state index in [1.54, 1.807) is 21.1 Å². The molecule has 52 heavy (non-hydrogen) atoms. The number of carbonyl (C=O) groups is 3. The Hall–Kier alpha value is -3.23. The maximum atomic E-state index is 12.6. The number of carbonyl (C=O) groups excluding carboxylic acids is 3. The van der Waals surface area contributed by atoms with Crippen molar-refractivity contribution in [2.45, 2.75) is 148 Å². The molecule has 0 heterocycles. The third-order valence-electron chi connectivity index (χ3n) is 8.34. The number of likely N-dealkylation sites (N-methyl/N-ethyl adjacent to an activating group) is 1. The summed E-state index contributed by atoms with van der Waals surface area (Å²) in [6, 6.07) is -0.742. The molecule has 0 spiro atoms. The number of hydrogen-bond acceptors (Lipinski definition) is 7. The SMILES string of the molecule is CC/C=C\C/C=C\C/C=C\C/C=C\CCC(=O)OC(COCCC(C(=O)[O-])[N+](C)(C)C)COC(=O)CCCCCCC/C=C\C/C=C\CCCCC. The van der Waals surface area contributed by atoms with Crippen molar-refractivity contribution in [2.75, 3.05) is 41.0 Å². The number of carboxylic acid groups (broad SMARTS) is 1. The fraction of sp³-hybridized carbons (Fsp3) is 0.659. The Morgan fingerprint density at radius 2 is 1.12 bits per heavy atom. The van der Waals surface area contributed by atoms with Crippen LogP contribution in [0.2, 0.25) is 0 Å². The molecule has 0 aliphatic heterocycles. The number of hydrogen-bond donors (Lipinski definition) is 0. The zero-order valence-electron chi connectivity index (χ0n) is 33.4. The molecule has 8 nitrogen and oxygen atoms in total. The van der Waals surface area contributed by atoms with E-state index in [-0.39, 0.29) is 43.1 Å². The normalized spacial score (nSPS) is 13.8. The molecule has 0 saturated heterocycles. The predicted molar refractivity (Wildman–Crippen MR) is 212 cm³/mol. The van der Waals surface area contributed by atoms with E-state index >= 15 is 0 Å². The number of carboxylic acids is 1. The number of unbranched alkanes of at least 4 members (excludes halogenated alkanes) is 8. The van der Waals surface area contributed by atoms with Gasteiger partial charge in [0.1, 0.15) is 12.6 Å². The van der Waals surface area contributed by atoms with E-state index in [4.69, 9.17) is 14.2 Å². The van der Waals surface area contributed by atoms with Crippen molar-refractivity contribution in [1.82, 2.24) is 0 Å². The number of esters is 2. The summed E-state index contributed by atoms with van der Waals surface area (Å²) < 4.78 is 17.0. The highest BCUT2D eigenvalue weighted by Crippen LogP contribution is 2.11. The first-order valence-corrected chi connectivity index (χ1v) is 20.0. The second kappa shape index (κ2) is 34.8. The van der Waals surface area contributed by atoms with Crippen molar-refractivity contribution in [3.8, 4) is 0 Å². The van der Waals surface area contributed by atoms with E-state index in [2.05, 4.69) is 74.6 Å². The molecule has 296 valence electrons. The Labute approximate surface area is 317 Å². The fourth-order valence-corrected chi connectivity index (χ4v) is 5.23. The van der Waals surface area contributed by atoms with Crippen LogP contribution in [0.4, 0.5) is 0 Å². The average molecular weight is 728 g/mol. The van der Waals surface area contributed by atoms with Gasteiger partial charge in [-0.25, -0.2) is 0 Å². The number of ether oxygens (including phenoxy) is 3. The molecule has 0 aromatic carbocycles. The van der Waals surface area contributed by atoms with E-state index in [0.29, 0.717) is 12.8 Å². The first-order valence-electron chi connectivity index (χ1n) is 20.0. The summed E-state index contributed by atoms with van der Waals surface area (Å²) in [7, 11) is 5.36. The fourth-order valence-electron chi connectivity index (χ4n) is 5.23. The summed E-state index contributed by atoms with van der Waals surface area (Å²) in [5.74, 6) is -1.87. The molecule has 0 saturated carbocycles. The quantitative estimate of drug-likeness (QED) is 0.0282. The van der Waals surface area contributed by atoms with E-state index in [1.165, 1.54) is 25.7 Å². The average Bonchev–Trinajstić information content (AvgIpc) is 3.09. The van der Waals surface area contributed by atoms with Crippen LogP contribution in [-0.4, -0.2) is 75.5 Å². The van der Waals surface area contributed by atoms with Gasteiger partial charge in [0, 0.05) is 19.3 Å². The van der Waals surface area contributed by atoms with Gasteiger partial charge in [0.05, 0.1) is 40.3 Å². The van der Waals surface area contributed by atoms with Crippen LogP contribution in [-0.2, 0) is 28.6 Å². The Morgan fingerprint density at radius 3 is 1.67 bits per heavy atom. The zero-order chi connectivity index (χ0) is 38.5. The van der Waals surface area contributed by atoms with Gasteiger partial charge in [-0.2, -0.15) is 0 Å². The molecule has 8 heteroatoms. The Morgan fingerprint density at radius 1 is 0.596 bits per heavy atom. The second-order valence-corrected chi connectivity index (χ2v) is 14.1. The van der Waals surface area contributed by atoms with Crippen molar-refractivity contribution in [3.05, 3.63) is 72.9 Å². The van der Waals surface area contributed by atoms with Crippen LogP contribution in [0.15, 0.2) is 72.9 Å². The van der Waals surface area contributed by atoms with Crippen LogP contribution < -0.4 is 5.11 Å². The van der Waals surface area contributed by atoms with Crippen LogP contribution in [0, 0.1) is 0 Å². The summed E-state index contributed by atoms with van der Waals surface area (Å²) in [6.45, 7) is 4.39. The van der Waals surface area contributed by atoms with Crippen LogP contribution in [0.1, 0.15) is 136 Å². The maximum absolute atomic E-state index is 12.6. The highest BCUT2D eigenvalue weighted by atomic mass is 16.6. The minimum Gasteiger partial charge on any atom is -0.544 e. The summed E-state index contributed by atoms with van der Waals surface area (Å²) in [6.07, 6.45) is 42.3. The van der Waals surface area contributed by atoms with Crippen LogP contribution in [0.25, 0.3) is 0 Å².